The van der Waals surface area contributed by atoms with Crippen LogP contribution < -0.4 is 13.8 Å². The molecular weight excluding hydrogens is 506 g/mol. The maximum absolute atomic E-state index is 13.4. The van der Waals surface area contributed by atoms with Gasteiger partial charge in [0.15, 0.2) is 6.61 Å². The molecule has 0 aliphatic heterocycles. The molecule has 0 unspecified atom stereocenters. The second-order valence-corrected chi connectivity index (χ2v) is 10.4. The molecule has 174 valence electrons. The highest BCUT2D eigenvalue weighted by molar-refractivity contribution is 9.10. The molecule has 0 aliphatic carbocycles. The van der Waals surface area contributed by atoms with E-state index < -0.39 is 22.5 Å². The minimum Gasteiger partial charge on any atom is -0.497 e. The van der Waals surface area contributed by atoms with Crippen LogP contribution in [0.4, 0.5) is 5.69 Å². The fourth-order valence-corrected chi connectivity index (χ4v) is 5.06. The van der Waals surface area contributed by atoms with Gasteiger partial charge in [-0.15, -0.1) is 0 Å². The lowest BCUT2D eigenvalue weighted by molar-refractivity contribution is -0.119. The quantitative estimate of drug-likeness (QED) is 0.373. The number of carbonyl (C=O) groups is 1. The van der Waals surface area contributed by atoms with Crippen LogP contribution in [0.2, 0.25) is 0 Å². The Kier molecular flexibility index (Phi) is 7.81. The van der Waals surface area contributed by atoms with Crippen LogP contribution in [0, 0.1) is 6.92 Å². The van der Waals surface area contributed by atoms with Crippen LogP contribution in [0.5, 0.6) is 11.5 Å². The molecular formula is C25H26BrNO5S. The highest BCUT2D eigenvalue weighted by atomic mass is 79.9. The third-order valence-corrected chi connectivity index (χ3v) is 7.45. The zero-order valence-electron chi connectivity index (χ0n) is 18.9. The van der Waals surface area contributed by atoms with E-state index in [1.165, 1.54) is 31.4 Å². The molecule has 0 saturated heterocycles. The number of hydrogen-bond acceptors (Lipinski definition) is 5. The number of carbonyl (C=O) groups excluding carboxylic acids is 1. The third-order valence-electron chi connectivity index (χ3n) is 5.07. The first-order valence-corrected chi connectivity index (χ1v) is 12.6. The number of ether oxygens (including phenoxy) is 2. The minimum atomic E-state index is -4.17. The summed E-state index contributed by atoms with van der Waals surface area (Å²) in [6.07, 6.45) is 0. The largest absolute Gasteiger partial charge is 0.497 e. The highest BCUT2D eigenvalue weighted by Gasteiger charge is 2.31. The van der Waals surface area contributed by atoms with Crippen molar-refractivity contribution in [3.63, 3.8) is 0 Å². The van der Waals surface area contributed by atoms with Crippen LogP contribution in [0.1, 0.15) is 30.9 Å². The van der Waals surface area contributed by atoms with Crippen molar-refractivity contribution in [3.05, 3.63) is 82.3 Å². The van der Waals surface area contributed by atoms with E-state index in [1.807, 2.05) is 19.1 Å². The number of methoxy groups -OCH3 is 1. The summed E-state index contributed by atoms with van der Waals surface area (Å²) in [6, 6.07) is 18.2. The van der Waals surface area contributed by atoms with E-state index in [0.29, 0.717) is 21.9 Å². The van der Waals surface area contributed by atoms with Crippen molar-refractivity contribution in [1.82, 2.24) is 0 Å². The lowest BCUT2D eigenvalue weighted by Gasteiger charge is -2.23. The summed E-state index contributed by atoms with van der Waals surface area (Å²) in [7, 11) is -2.66. The maximum atomic E-state index is 13.4. The molecule has 3 aromatic rings. The number of hydrogen-bond donors (Lipinski definition) is 0. The predicted molar refractivity (Wildman–Crippen MR) is 133 cm³/mol. The minimum absolute atomic E-state index is 0.0136. The molecule has 0 bridgehead atoms. The Bertz CT molecular complexity index is 1220. The van der Waals surface area contributed by atoms with E-state index in [9.17, 15) is 13.2 Å². The molecule has 0 atom stereocenters. The van der Waals surface area contributed by atoms with E-state index in [4.69, 9.17) is 9.47 Å². The Morgan fingerprint density at radius 2 is 1.64 bits per heavy atom. The van der Waals surface area contributed by atoms with Crippen molar-refractivity contribution < 1.29 is 22.7 Å². The first-order chi connectivity index (χ1) is 15.6. The lowest BCUT2D eigenvalue weighted by atomic mass is 10.0. The summed E-state index contributed by atoms with van der Waals surface area (Å²) in [4.78, 5) is 13.2. The molecule has 0 radical (unpaired) electrons. The molecule has 3 aromatic carbocycles. The van der Waals surface area contributed by atoms with Gasteiger partial charge in [0, 0.05) is 0 Å². The van der Waals surface area contributed by atoms with Crippen LogP contribution >= 0.6 is 15.9 Å². The van der Waals surface area contributed by atoms with Crippen molar-refractivity contribution in [2.45, 2.75) is 31.6 Å². The average molecular weight is 532 g/mol. The number of benzene rings is 3. The molecule has 33 heavy (non-hydrogen) atoms. The number of halogens is 1. The molecule has 1 amide bonds. The predicted octanol–water partition coefficient (Wildman–Crippen LogP) is 5.69. The summed E-state index contributed by atoms with van der Waals surface area (Å²) in [5.74, 6) is 0.613. The molecule has 8 heteroatoms. The van der Waals surface area contributed by atoms with Gasteiger partial charge < -0.3 is 9.47 Å². The van der Waals surface area contributed by atoms with E-state index >= 15 is 0 Å². The lowest BCUT2D eigenvalue weighted by Crippen LogP contribution is -2.40. The molecule has 0 aliphatic rings. The first-order valence-electron chi connectivity index (χ1n) is 10.3. The zero-order chi connectivity index (χ0) is 24.2. The smallest absolute Gasteiger partial charge is 0.278 e. The van der Waals surface area contributed by atoms with Gasteiger partial charge in [0.25, 0.3) is 15.9 Å². The van der Waals surface area contributed by atoms with E-state index in [1.54, 1.807) is 30.3 Å². The molecule has 6 nitrogen and oxygen atoms in total. The zero-order valence-corrected chi connectivity index (χ0v) is 21.3. The number of nitrogens with zero attached hydrogens (tertiary/aromatic N) is 1. The summed E-state index contributed by atoms with van der Waals surface area (Å²) in [6.45, 7) is 5.55. The number of amides is 1. The van der Waals surface area contributed by atoms with E-state index in [0.717, 1.165) is 15.4 Å². The van der Waals surface area contributed by atoms with Crippen molar-refractivity contribution in [3.8, 4) is 11.5 Å². The normalized spacial score (nSPS) is 11.3. The Labute approximate surface area is 203 Å². The van der Waals surface area contributed by atoms with Crippen LogP contribution in [0.25, 0.3) is 0 Å². The van der Waals surface area contributed by atoms with Gasteiger partial charge in [-0.1, -0.05) is 37.6 Å². The summed E-state index contributed by atoms with van der Waals surface area (Å²) >= 11 is 3.46. The van der Waals surface area contributed by atoms with Gasteiger partial charge >= 0.3 is 0 Å². The number of anilines is 1. The maximum Gasteiger partial charge on any atom is 0.278 e. The standard InChI is InChI=1S/C25H26BrNO5S/c1-17(2)19-7-14-24(23(26)15-19)32-16-25(28)27(20-8-10-21(31-4)11-9-20)33(29,30)22-12-5-18(3)6-13-22/h5-15,17H,16H2,1-4H3. The molecule has 0 aromatic heterocycles. The van der Waals surface area contributed by atoms with Crippen molar-refractivity contribution >= 4 is 37.5 Å². The second kappa shape index (κ2) is 10.4. The van der Waals surface area contributed by atoms with Gasteiger partial charge in [-0.05, 0) is 82.9 Å². The average Bonchev–Trinajstić information content (AvgIpc) is 2.79. The summed E-state index contributed by atoms with van der Waals surface area (Å²) in [5, 5.41) is 0. The fourth-order valence-electron chi connectivity index (χ4n) is 3.14. The Morgan fingerprint density at radius 3 is 2.18 bits per heavy atom. The van der Waals surface area contributed by atoms with Gasteiger partial charge in [0.05, 0.1) is 22.2 Å². The monoisotopic (exact) mass is 531 g/mol. The van der Waals surface area contributed by atoms with Crippen LogP contribution in [-0.2, 0) is 14.8 Å². The van der Waals surface area contributed by atoms with Gasteiger partial charge in [-0.2, -0.15) is 4.31 Å². The highest BCUT2D eigenvalue weighted by Crippen LogP contribution is 2.30. The molecule has 0 fully saturated rings. The third kappa shape index (κ3) is 5.75. The second-order valence-electron chi connectivity index (χ2n) is 7.81. The number of rotatable bonds is 8. The van der Waals surface area contributed by atoms with Gasteiger partial charge in [-0.25, -0.2) is 8.42 Å². The van der Waals surface area contributed by atoms with Crippen molar-refractivity contribution in [2.75, 3.05) is 18.0 Å². The number of sulfonamides is 1. The van der Waals surface area contributed by atoms with Gasteiger partial charge in [0.2, 0.25) is 0 Å². The molecule has 0 spiro atoms. The van der Waals surface area contributed by atoms with E-state index in [-0.39, 0.29) is 10.6 Å². The van der Waals surface area contributed by atoms with Crippen LogP contribution in [-0.4, -0.2) is 28.0 Å². The summed E-state index contributed by atoms with van der Waals surface area (Å²) < 4.78 is 39.2. The fraction of sp³-hybridized carbons (Fsp3) is 0.240. The van der Waals surface area contributed by atoms with Crippen molar-refractivity contribution in [2.24, 2.45) is 0 Å². The van der Waals surface area contributed by atoms with Gasteiger partial charge in [0.1, 0.15) is 11.5 Å². The summed E-state index contributed by atoms with van der Waals surface area (Å²) in [5.41, 5.74) is 2.22. The SMILES string of the molecule is COc1ccc(N(C(=O)COc2ccc(C(C)C)cc2Br)S(=O)(=O)c2ccc(C)cc2)cc1. The number of aryl methyl sites for hydroxylation is 1. The van der Waals surface area contributed by atoms with Crippen molar-refractivity contribution in [1.29, 1.82) is 0 Å². The topological polar surface area (TPSA) is 72.9 Å². The molecule has 0 saturated carbocycles. The Morgan fingerprint density at radius 1 is 1.00 bits per heavy atom. The Balaban J connectivity index is 1.93. The van der Waals surface area contributed by atoms with E-state index in [2.05, 4.69) is 29.8 Å². The molecule has 0 heterocycles. The van der Waals surface area contributed by atoms with Gasteiger partial charge in [-0.3, -0.25) is 4.79 Å². The first kappa shape index (κ1) is 24.8. The van der Waals surface area contributed by atoms with Crippen LogP contribution in [0.15, 0.2) is 76.1 Å². The van der Waals surface area contributed by atoms with Crippen LogP contribution in [0.3, 0.4) is 0 Å². The molecule has 3 rings (SSSR count). The Hall–Kier alpha value is -2.84. The molecule has 0 N–H and O–H groups in total.